The lowest BCUT2D eigenvalue weighted by Gasteiger charge is -2.28. The summed E-state index contributed by atoms with van der Waals surface area (Å²) in [6, 6.07) is 8.49. The number of aromatic nitrogens is 3. The molecule has 3 heterocycles. The summed E-state index contributed by atoms with van der Waals surface area (Å²) in [6.07, 6.45) is 0.745. The highest BCUT2D eigenvalue weighted by molar-refractivity contribution is 7.99. The van der Waals surface area contributed by atoms with Crippen molar-refractivity contribution >= 4 is 23.8 Å². The molecule has 4 rings (SSSR count). The van der Waals surface area contributed by atoms with Gasteiger partial charge in [-0.25, -0.2) is 4.79 Å². The Bertz CT molecular complexity index is 822. The molecule has 8 nitrogen and oxygen atoms in total. The number of anilines is 1. The Morgan fingerprint density at radius 2 is 2.00 bits per heavy atom. The number of benzene rings is 1. The minimum absolute atomic E-state index is 0.230. The summed E-state index contributed by atoms with van der Waals surface area (Å²) < 4.78 is 12.6. The van der Waals surface area contributed by atoms with Gasteiger partial charge < -0.3 is 19.3 Å². The number of morpholine rings is 1. The summed E-state index contributed by atoms with van der Waals surface area (Å²) in [5.74, 6) is 1.59. The second kappa shape index (κ2) is 8.83. The average Bonchev–Trinajstić information content (AvgIpc) is 3.35. The number of amides is 1. The lowest BCUT2D eigenvalue weighted by Crippen LogP contribution is -2.37. The van der Waals surface area contributed by atoms with E-state index in [1.54, 1.807) is 16.7 Å². The van der Waals surface area contributed by atoms with Crippen LogP contribution in [-0.2, 0) is 15.9 Å². The minimum atomic E-state index is -0.230. The molecule has 0 atom stereocenters. The molecule has 2 fully saturated rings. The highest BCUT2D eigenvalue weighted by Gasteiger charge is 2.24. The summed E-state index contributed by atoms with van der Waals surface area (Å²) in [6.45, 7) is 6.92. The Balaban J connectivity index is 1.58. The van der Waals surface area contributed by atoms with Crippen molar-refractivity contribution in [1.29, 1.82) is 0 Å². The van der Waals surface area contributed by atoms with Crippen molar-refractivity contribution in [1.82, 2.24) is 19.7 Å². The van der Waals surface area contributed by atoms with Gasteiger partial charge in [-0.15, -0.1) is 10.2 Å². The highest BCUT2D eigenvalue weighted by Crippen LogP contribution is 2.28. The quantitative estimate of drug-likeness (QED) is 0.656. The SMILES string of the molecule is CCc1cccc(-n2c(SCCN3CCOC3=O)nnc2N2CCOCC2)c1. The van der Waals surface area contributed by atoms with Crippen LogP contribution in [0.15, 0.2) is 29.4 Å². The van der Waals surface area contributed by atoms with Crippen LogP contribution in [0.2, 0.25) is 0 Å². The van der Waals surface area contributed by atoms with Crippen molar-refractivity contribution in [2.45, 2.75) is 18.5 Å². The van der Waals surface area contributed by atoms with Crippen molar-refractivity contribution < 1.29 is 14.3 Å². The van der Waals surface area contributed by atoms with E-state index >= 15 is 0 Å². The molecular formula is C19H25N5O3S. The molecule has 28 heavy (non-hydrogen) atoms. The second-order valence-corrected chi connectivity index (χ2v) is 7.75. The third-order valence-corrected chi connectivity index (χ3v) is 5.83. The van der Waals surface area contributed by atoms with Crippen LogP contribution < -0.4 is 4.90 Å². The minimum Gasteiger partial charge on any atom is -0.448 e. The topological polar surface area (TPSA) is 72.7 Å². The normalized spacial score (nSPS) is 17.2. The average molecular weight is 404 g/mol. The summed E-state index contributed by atoms with van der Waals surface area (Å²) >= 11 is 1.61. The molecule has 2 aromatic rings. The number of hydrogen-bond acceptors (Lipinski definition) is 7. The molecule has 9 heteroatoms. The van der Waals surface area contributed by atoms with Crippen molar-refractivity contribution in [3.05, 3.63) is 29.8 Å². The lowest BCUT2D eigenvalue weighted by atomic mass is 10.1. The van der Waals surface area contributed by atoms with E-state index in [0.717, 1.165) is 42.1 Å². The molecule has 2 aliphatic rings. The van der Waals surface area contributed by atoms with Gasteiger partial charge in [0.05, 0.1) is 25.4 Å². The fourth-order valence-corrected chi connectivity index (χ4v) is 4.25. The molecule has 2 aliphatic heterocycles. The third kappa shape index (κ3) is 4.10. The first-order chi connectivity index (χ1) is 13.8. The maximum absolute atomic E-state index is 11.6. The van der Waals surface area contributed by atoms with E-state index in [4.69, 9.17) is 9.47 Å². The largest absolute Gasteiger partial charge is 0.448 e. The molecule has 1 aromatic heterocycles. The third-order valence-electron chi connectivity index (χ3n) is 4.92. The molecule has 0 N–H and O–H groups in total. The number of ether oxygens (including phenoxy) is 2. The van der Waals surface area contributed by atoms with Gasteiger partial charge in [0.2, 0.25) is 5.95 Å². The molecule has 1 amide bonds. The van der Waals surface area contributed by atoms with Crippen LogP contribution in [0.25, 0.3) is 5.69 Å². The van der Waals surface area contributed by atoms with Crippen molar-refractivity contribution in [2.75, 3.05) is 56.7 Å². The standard InChI is InChI=1S/C19H25N5O3S/c1-2-15-4-3-5-16(14-15)24-17(22-6-10-26-11-7-22)20-21-18(24)28-13-9-23-8-12-27-19(23)25/h3-5,14H,2,6-13H2,1H3. The molecule has 0 unspecified atom stereocenters. The predicted octanol–water partition coefficient (Wildman–Crippen LogP) is 2.21. The Morgan fingerprint density at radius 1 is 1.14 bits per heavy atom. The number of hydrogen-bond donors (Lipinski definition) is 0. The monoisotopic (exact) mass is 403 g/mol. The zero-order valence-electron chi connectivity index (χ0n) is 16.0. The van der Waals surface area contributed by atoms with E-state index < -0.39 is 0 Å². The van der Waals surface area contributed by atoms with E-state index in [2.05, 4.69) is 50.9 Å². The molecule has 150 valence electrons. The maximum Gasteiger partial charge on any atom is 0.409 e. The fraction of sp³-hybridized carbons (Fsp3) is 0.526. The van der Waals surface area contributed by atoms with Crippen molar-refractivity contribution in [3.8, 4) is 5.69 Å². The highest BCUT2D eigenvalue weighted by atomic mass is 32.2. The van der Waals surface area contributed by atoms with Gasteiger partial charge in [-0.2, -0.15) is 0 Å². The summed E-state index contributed by atoms with van der Waals surface area (Å²) in [4.78, 5) is 15.6. The van der Waals surface area contributed by atoms with Crippen LogP contribution >= 0.6 is 11.8 Å². The van der Waals surface area contributed by atoms with Crippen LogP contribution in [0, 0.1) is 0 Å². The number of rotatable bonds is 7. The smallest absolute Gasteiger partial charge is 0.409 e. The summed E-state index contributed by atoms with van der Waals surface area (Å²) in [5.41, 5.74) is 2.34. The molecular weight excluding hydrogens is 378 g/mol. The molecule has 0 radical (unpaired) electrons. The van der Waals surface area contributed by atoms with Crippen LogP contribution in [0.5, 0.6) is 0 Å². The molecule has 0 saturated carbocycles. The molecule has 2 saturated heterocycles. The van der Waals surface area contributed by atoms with Gasteiger partial charge in [-0.1, -0.05) is 30.8 Å². The second-order valence-electron chi connectivity index (χ2n) is 6.69. The van der Waals surface area contributed by atoms with E-state index in [1.165, 1.54) is 5.56 Å². The predicted molar refractivity (Wildman–Crippen MR) is 107 cm³/mol. The van der Waals surface area contributed by atoms with Crippen LogP contribution in [-0.4, -0.2) is 77.5 Å². The van der Waals surface area contributed by atoms with E-state index in [0.29, 0.717) is 32.9 Å². The van der Waals surface area contributed by atoms with Crippen molar-refractivity contribution in [3.63, 3.8) is 0 Å². The Hall–Kier alpha value is -2.26. The van der Waals surface area contributed by atoms with Gasteiger partial charge >= 0.3 is 6.09 Å². The number of carbonyl (C=O) groups is 1. The number of cyclic esters (lactones) is 1. The molecule has 0 aliphatic carbocycles. The van der Waals surface area contributed by atoms with Gasteiger partial charge in [0, 0.05) is 25.4 Å². The number of aryl methyl sites for hydroxylation is 1. The van der Waals surface area contributed by atoms with Gasteiger partial charge in [-0.3, -0.25) is 4.57 Å². The zero-order chi connectivity index (χ0) is 19.3. The van der Waals surface area contributed by atoms with Gasteiger partial charge in [0.25, 0.3) is 0 Å². The van der Waals surface area contributed by atoms with Crippen molar-refractivity contribution in [2.24, 2.45) is 0 Å². The Kier molecular flexibility index (Phi) is 6.01. The molecule has 0 bridgehead atoms. The first-order valence-corrected chi connectivity index (χ1v) is 10.7. The van der Waals surface area contributed by atoms with Gasteiger partial charge in [0.15, 0.2) is 5.16 Å². The van der Waals surface area contributed by atoms with Crippen LogP contribution in [0.1, 0.15) is 12.5 Å². The van der Waals surface area contributed by atoms with E-state index in [1.807, 2.05) is 0 Å². The zero-order valence-corrected chi connectivity index (χ0v) is 16.9. The van der Waals surface area contributed by atoms with E-state index in [-0.39, 0.29) is 6.09 Å². The lowest BCUT2D eigenvalue weighted by molar-refractivity contribution is 0.122. The van der Waals surface area contributed by atoms with Gasteiger partial charge in [-0.05, 0) is 24.1 Å². The maximum atomic E-state index is 11.6. The van der Waals surface area contributed by atoms with Gasteiger partial charge in [0.1, 0.15) is 6.61 Å². The molecule has 0 spiro atoms. The number of carbonyl (C=O) groups excluding carboxylic acids is 1. The Labute approximate surface area is 168 Å². The summed E-state index contributed by atoms with van der Waals surface area (Å²) in [7, 11) is 0. The first-order valence-electron chi connectivity index (χ1n) is 9.68. The summed E-state index contributed by atoms with van der Waals surface area (Å²) in [5, 5.41) is 9.79. The van der Waals surface area contributed by atoms with E-state index in [9.17, 15) is 4.79 Å². The Morgan fingerprint density at radius 3 is 2.75 bits per heavy atom. The van der Waals surface area contributed by atoms with Crippen LogP contribution in [0.3, 0.4) is 0 Å². The first kappa shape index (κ1) is 19.1. The number of nitrogens with zero attached hydrogens (tertiary/aromatic N) is 5. The van der Waals surface area contributed by atoms with Crippen LogP contribution in [0.4, 0.5) is 10.7 Å². The fourth-order valence-electron chi connectivity index (χ4n) is 3.34. The molecule has 1 aromatic carbocycles. The number of thioether (sulfide) groups is 1.